The van der Waals surface area contributed by atoms with Gasteiger partial charge in [0.15, 0.2) is 0 Å². The number of fused-ring (bicyclic) bond motifs is 1. The van der Waals surface area contributed by atoms with Crippen molar-refractivity contribution >= 4 is 23.5 Å². The van der Waals surface area contributed by atoms with E-state index in [0.29, 0.717) is 22.5 Å². The third-order valence-electron chi connectivity index (χ3n) is 3.00. The van der Waals surface area contributed by atoms with E-state index >= 15 is 0 Å². The van der Waals surface area contributed by atoms with Gasteiger partial charge in [-0.15, -0.1) is 0 Å². The number of hydrogen-bond acceptors (Lipinski definition) is 3. The Morgan fingerprint density at radius 1 is 1.00 bits per heavy atom. The minimum atomic E-state index is -0.0548. The predicted octanol–water partition coefficient (Wildman–Crippen LogP) is 2.82. The molecule has 1 heterocycles. The van der Waals surface area contributed by atoms with Crippen molar-refractivity contribution in [1.29, 1.82) is 0 Å². The van der Waals surface area contributed by atoms with Gasteiger partial charge in [0, 0.05) is 5.75 Å². The molecule has 1 aromatic heterocycles. The Labute approximate surface area is 116 Å². The summed E-state index contributed by atoms with van der Waals surface area (Å²) in [5, 5.41) is 0.622. The molecule has 0 aliphatic rings. The lowest BCUT2D eigenvalue weighted by Crippen LogP contribution is -2.23. The van der Waals surface area contributed by atoms with Crippen molar-refractivity contribution < 1.29 is 0 Å². The highest BCUT2D eigenvalue weighted by Crippen LogP contribution is 2.13. The van der Waals surface area contributed by atoms with Crippen LogP contribution in [0.4, 0.5) is 0 Å². The highest BCUT2D eigenvalue weighted by Gasteiger charge is 2.10. The number of hydrogen-bond donors (Lipinski definition) is 1. The van der Waals surface area contributed by atoms with Crippen LogP contribution in [0.3, 0.4) is 0 Å². The molecular weight excluding hydrogens is 256 g/mol. The van der Waals surface area contributed by atoms with Crippen molar-refractivity contribution in [3.63, 3.8) is 0 Å². The summed E-state index contributed by atoms with van der Waals surface area (Å²) < 4.78 is 1.62. The normalized spacial score (nSPS) is 10.8. The Morgan fingerprint density at radius 3 is 2.42 bits per heavy atom. The summed E-state index contributed by atoms with van der Waals surface area (Å²) in [6, 6.07) is 16.9. The number of thiol groups is 1. The van der Waals surface area contributed by atoms with Crippen molar-refractivity contribution in [3.05, 3.63) is 70.8 Å². The Balaban J connectivity index is 2.41. The van der Waals surface area contributed by atoms with Gasteiger partial charge in [0.25, 0.3) is 5.56 Å². The van der Waals surface area contributed by atoms with E-state index in [1.807, 2.05) is 48.5 Å². The van der Waals surface area contributed by atoms with Crippen LogP contribution in [0, 0.1) is 0 Å². The van der Waals surface area contributed by atoms with Crippen LogP contribution in [0.25, 0.3) is 16.6 Å². The summed E-state index contributed by atoms with van der Waals surface area (Å²) in [5.74, 6) is 1.06. The standard InChI is InChI=1S/C15H12N2OS/c18-15-12-8-4-5-9-13(12)16-14(10-19)17(15)11-6-2-1-3-7-11/h1-9,19H,10H2. The van der Waals surface area contributed by atoms with Crippen LogP contribution in [-0.2, 0) is 5.75 Å². The van der Waals surface area contributed by atoms with E-state index in [0.717, 1.165) is 5.69 Å². The lowest BCUT2D eigenvalue weighted by molar-refractivity contribution is 0.886. The van der Waals surface area contributed by atoms with Gasteiger partial charge in [0.1, 0.15) is 5.82 Å². The number of benzene rings is 2. The molecular formula is C15H12N2OS. The van der Waals surface area contributed by atoms with Crippen molar-refractivity contribution in [2.45, 2.75) is 5.75 Å². The van der Waals surface area contributed by atoms with Gasteiger partial charge in [-0.1, -0.05) is 30.3 Å². The number of nitrogens with zero attached hydrogens (tertiary/aromatic N) is 2. The second kappa shape index (κ2) is 4.90. The third-order valence-corrected chi connectivity index (χ3v) is 3.28. The summed E-state index contributed by atoms with van der Waals surface area (Å²) in [7, 11) is 0. The molecule has 0 fully saturated rings. The molecule has 3 aromatic rings. The van der Waals surface area contributed by atoms with E-state index in [1.165, 1.54) is 0 Å². The number of para-hydroxylation sites is 2. The van der Waals surface area contributed by atoms with Crippen LogP contribution in [0.15, 0.2) is 59.4 Å². The first-order chi connectivity index (χ1) is 9.31. The fourth-order valence-electron chi connectivity index (χ4n) is 2.13. The first kappa shape index (κ1) is 12.0. The molecule has 0 bridgehead atoms. The average molecular weight is 268 g/mol. The molecule has 0 spiro atoms. The molecule has 0 unspecified atom stereocenters. The van der Waals surface area contributed by atoms with Crippen LogP contribution in [-0.4, -0.2) is 9.55 Å². The van der Waals surface area contributed by atoms with Gasteiger partial charge in [0.05, 0.1) is 16.6 Å². The SMILES string of the molecule is O=c1c2ccccc2nc(CS)n1-c1ccccc1. The summed E-state index contributed by atoms with van der Waals surface area (Å²) in [6.07, 6.45) is 0. The molecule has 19 heavy (non-hydrogen) atoms. The largest absolute Gasteiger partial charge is 0.268 e. The fraction of sp³-hybridized carbons (Fsp3) is 0.0667. The second-order valence-corrected chi connectivity index (χ2v) is 4.50. The molecule has 0 radical (unpaired) electrons. The molecule has 2 aromatic carbocycles. The van der Waals surface area contributed by atoms with Crippen LogP contribution < -0.4 is 5.56 Å². The summed E-state index contributed by atoms with van der Waals surface area (Å²) in [6.45, 7) is 0. The van der Waals surface area contributed by atoms with E-state index in [1.54, 1.807) is 10.6 Å². The van der Waals surface area contributed by atoms with Gasteiger partial charge in [-0.3, -0.25) is 9.36 Å². The minimum absolute atomic E-state index is 0.0548. The van der Waals surface area contributed by atoms with E-state index in [9.17, 15) is 4.79 Å². The van der Waals surface area contributed by atoms with Gasteiger partial charge < -0.3 is 0 Å². The van der Waals surface area contributed by atoms with Gasteiger partial charge in [-0.25, -0.2) is 4.98 Å². The number of aromatic nitrogens is 2. The van der Waals surface area contributed by atoms with Crippen LogP contribution in [0.1, 0.15) is 5.82 Å². The zero-order valence-electron chi connectivity index (χ0n) is 10.2. The van der Waals surface area contributed by atoms with E-state index in [2.05, 4.69) is 17.6 Å². The van der Waals surface area contributed by atoms with Gasteiger partial charge in [-0.05, 0) is 24.3 Å². The zero-order valence-corrected chi connectivity index (χ0v) is 11.0. The molecule has 0 N–H and O–H groups in total. The highest BCUT2D eigenvalue weighted by molar-refractivity contribution is 7.79. The lowest BCUT2D eigenvalue weighted by atomic mass is 10.2. The molecule has 0 aliphatic carbocycles. The van der Waals surface area contributed by atoms with E-state index in [-0.39, 0.29) is 5.56 Å². The predicted molar refractivity (Wildman–Crippen MR) is 80.0 cm³/mol. The molecule has 3 rings (SSSR count). The molecule has 3 nitrogen and oxygen atoms in total. The number of rotatable bonds is 2. The quantitative estimate of drug-likeness (QED) is 0.725. The van der Waals surface area contributed by atoms with Crippen LogP contribution in [0.5, 0.6) is 0 Å². The Kier molecular flexibility index (Phi) is 3.09. The van der Waals surface area contributed by atoms with E-state index in [4.69, 9.17) is 0 Å². The van der Waals surface area contributed by atoms with Gasteiger partial charge in [-0.2, -0.15) is 12.6 Å². The molecule has 0 saturated heterocycles. The molecule has 4 heteroatoms. The first-order valence-electron chi connectivity index (χ1n) is 5.98. The summed E-state index contributed by atoms with van der Waals surface area (Å²) in [4.78, 5) is 17.1. The Morgan fingerprint density at radius 2 is 1.68 bits per heavy atom. The Bertz CT molecular complexity index is 781. The second-order valence-electron chi connectivity index (χ2n) is 4.18. The first-order valence-corrected chi connectivity index (χ1v) is 6.61. The lowest BCUT2D eigenvalue weighted by Gasteiger charge is -2.11. The molecule has 0 atom stereocenters. The topological polar surface area (TPSA) is 34.9 Å². The maximum Gasteiger partial charge on any atom is 0.265 e. The smallest absolute Gasteiger partial charge is 0.265 e. The molecule has 0 amide bonds. The zero-order chi connectivity index (χ0) is 13.2. The molecule has 0 aliphatic heterocycles. The van der Waals surface area contributed by atoms with E-state index < -0.39 is 0 Å². The maximum atomic E-state index is 12.6. The summed E-state index contributed by atoms with van der Waals surface area (Å²) in [5.41, 5.74) is 1.47. The molecule has 94 valence electrons. The van der Waals surface area contributed by atoms with Crippen molar-refractivity contribution in [3.8, 4) is 5.69 Å². The third kappa shape index (κ3) is 2.04. The van der Waals surface area contributed by atoms with Crippen molar-refractivity contribution in [1.82, 2.24) is 9.55 Å². The van der Waals surface area contributed by atoms with Crippen molar-refractivity contribution in [2.75, 3.05) is 0 Å². The van der Waals surface area contributed by atoms with Gasteiger partial charge >= 0.3 is 0 Å². The monoisotopic (exact) mass is 268 g/mol. The minimum Gasteiger partial charge on any atom is -0.268 e. The Hall–Kier alpha value is -2.07. The van der Waals surface area contributed by atoms with Crippen molar-refractivity contribution in [2.24, 2.45) is 0 Å². The fourth-order valence-corrected chi connectivity index (χ4v) is 2.34. The summed E-state index contributed by atoms with van der Waals surface area (Å²) >= 11 is 4.28. The average Bonchev–Trinajstić information content (AvgIpc) is 2.48. The van der Waals surface area contributed by atoms with Crippen LogP contribution in [0.2, 0.25) is 0 Å². The van der Waals surface area contributed by atoms with Gasteiger partial charge in [0.2, 0.25) is 0 Å². The van der Waals surface area contributed by atoms with Crippen LogP contribution >= 0.6 is 12.6 Å². The highest BCUT2D eigenvalue weighted by atomic mass is 32.1. The maximum absolute atomic E-state index is 12.6. The molecule has 0 saturated carbocycles.